The van der Waals surface area contributed by atoms with Crippen molar-refractivity contribution in [1.29, 1.82) is 0 Å². The largest absolute Gasteiger partial charge is 0.504 e. The molecule has 0 bridgehead atoms. The molecule has 1 aromatic carbocycles. The second kappa shape index (κ2) is 33.3. The van der Waals surface area contributed by atoms with Crippen molar-refractivity contribution in [3.63, 3.8) is 0 Å². The molecule has 0 aliphatic carbocycles. The fourth-order valence-corrected chi connectivity index (χ4v) is 7.84. The number of allylic oxidation sites excluding steroid dienone is 20. The smallest absolute Gasteiger partial charge is 0.208 e. The number of aromatic hydroxyl groups is 2. The summed E-state index contributed by atoms with van der Waals surface area (Å²) in [5.74, 6) is 0.392. The van der Waals surface area contributed by atoms with E-state index in [-0.39, 0.29) is 23.0 Å². The Kier molecular flexibility index (Phi) is 30.2. The minimum atomic E-state index is -0.556. The molecule has 0 atom stereocenters. The summed E-state index contributed by atoms with van der Waals surface area (Å²) in [6.07, 6.45) is 44.6. The van der Waals surface area contributed by atoms with Crippen LogP contribution in [-0.2, 0) is 6.42 Å². The minimum Gasteiger partial charge on any atom is -0.504 e. The summed E-state index contributed by atoms with van der Waals surface area (Å²) in [7, 11) is 1.47. The van der Waals surface area contributed by atoms with Crippen molar-refractivity contribution in [2.45, 2.75) is 231 Å². The number of phenols is 2. The number of rotatable bonds is 31. The Hall–Kier alpha value is -4.18. The quantitative estimate of drug-likeness (QED) is 0.0576. The van der Waals surface area contributed by atoms with E-state index in [0.717, 1.165) is 96.3 Å². The highest BCUT2D eigenvalue weighted by molar-refractivity contribution is 5.66. The molecule has 0 heterocycles. The van der Waals surface area contributed by atoms with Gasteiger partial charge in [-0.2, -0.15) is 0 Å². The molecule has 1 aromatic rings. The van der Waals surface area contributed by atoms with E-state index in [1.54, 1.807) is 6.92 Å². The molecule has 2 N–H and O–H groups in total. The van der Waals surface area contributed by atoms with Gasteiger partial charge >= 0.3 is 0 Å². The lowest BCUT2D eigenvalue weighted by atomic mass is 9.99. The molecule has 4 heteroatoms. The fraction of sp³-hybridized carbons (Fsp3) is 0.581. The highest BCUT2D eigenvalue weighted by Crippen LogP contribution is 2.49. The predicted molar refractivity (Wildman–Crippen MR) is 291 cm³/mol. The standard InChI is InChI=1S/C62H98O4/c1-46(2)26-17-27-47(3)28-18-29-48(4)30-19-31-49(5)32-20-33-50(6)34-21-35-51(7)36-22-37-52(8)38-23-39-53(9)40-24-41-54(10)42-25-43-55(11)44-45-57-56(12)58(63)60(65-16)61(59(57)64)66-62(13,14)15/h26,28,30,32,34,36,38,40,42,44,63-64H,17-25,27,29,31,33,35,37,39,41,43,45H2,1-16H3/b47-28+,48-30+,49-32+,50-34+,51-36+,52-38+,53-40+,54-42+,55-44+. The maximum absolute atomic E-state index is 11.1. The zero-order chi connectivity index (χ0) is 49.7. The van der Waals surface area contributed by atoms with Crippen LogP contribution in [0.2, 0.25) is 0 Å². The van der Waals surface area contributed by atoms with Crippen molar-refractivity contribution in [1.82, 2.24) is 0 Å². The van der Waals surface area contributed by atoms with E-state index in [1.165, 1.54) is 82.1 Å². The highest BCUT2D eigenvalue weighted by atomic mass is 16.5. The zero-order valence-electron chi connectivity index (χ0n) is 45.4. The Balaban J connectivity index is 2.37. The molecule has 0 saturated heterocycles. The molecule has 4 nitrogen and oxygen atoms in total. The molecule has 0 aliphatic rings. The maximum Gasteiger partial charge on any atom is 0.208 e. The van der Waals surface area contributed by atoms with Crippen LogP contribution in [0.1, 0.15) is 224 Å². The van der Waals surface area contributed by atoms with Crippen LogP contribution in [0.4, 0.5) is 0 Å². The van der Waals surface area contributed by atoms with Gasteiger partial charge in [0.1, 0.15) is 5.60 Å². The second-order valence-corrected chi connectivity index (χ2v) is 20.7. The van der Waals surface area contributed by atoms with Gasteiger partial charge in [0.15, 0.2) is 11.5 Å². The van der Waals surface area contributed by atoms with Crippen molar-refractivity contribution in [3.05, 3.63) is 128 Å². The molecule has 0 aliphatic heterocycles. The molecule has 0 amide bonds. The lowest BCUT2D eigenvalue weighted by Crippen LogP contribution is -2.23. The Labute approximate surface area is 407 Å². The van der Waals surface area contributed by atoms with Crippen LogP contribution in [0.15, 0.2) is 116 Å². The van der Waals surface area contributed by atoms with Crippen molar-refractivity contribution >= 4 is 0 Å². The first-order chi connectivity index (χ1) is 31.1. The summed E-state index contributed by atoms with van der Waals surface area (Å²) >= 11 is 0. The van der Waals surface area contributed by atoms with Gasteiger partial charge in [0, 0.05) is 11.1 Å². The molecular weight excluding hydrogens is 809 g/mol. The SMILES string of the molecule is COc1c(O)c(C)c(C/C=C(\C)CC/C=C(\C)CC/C=C(\C)CC/C=C(\C)CC/C=C(\C)CC/C=C(\C)CC/C=C(\C)CC/C=C(\C)CC/C=C(\C)CCC=C(C)C)c(O)c1OC(C)(C)C. The normalized spacial score (nSPS) is 14.3. The Bertz CT molecular complexity index is 1930. The average molecular weight is 907 g/mol. The summed E-state index contributed by atoms with van der Waals surface area (Å²) in [5, 5.41) is 21.9. The third-order valence-electron chi connectivity index (χ3n) is 12.3. The van der Waals surface area contributed by atoms with Crippen molar-refractivity contribution in [2.24, 2.45) is 0 Å². The van der Waals surface area contributed by atoms with Crippen LogP contribution in [0.5, 0.6) is 23.0 Å². The number of methoxy groups -OCH3 is 1. The van der Waals surface area contributed by atoms with Gasteiger partial charge in [0.05, 0.1) is 7.11 Å². The molecule has 66 heavy (non-hydrogen) atoms. The Morgan fingerprint density at radius 2 is 0.652 bits per heavy atom. The number of hydrogen-bond acceptors (Lipinski definition) is 4. The van der Waals surface area contributed by atoms with Crippen LogP contribution in [0, 0.1) is 6.92 Å². The lowest BCUT2D eigenvalue weighted by molar-refractivity contribution is 0.119. The van der Waals surface area contributed by atoms with Gasteiger partial charge < -0.3 is 19.7 Å². The van der Waals surface area contributed by atoms with Crippen LogP contribution in [0.3, 0.4) is 0 Å². The van der Waals surface area contributed by atoms with E-state index in [1.807, 2.05) is 20.8 Å². The van der Waals surface area contributed by atoms with Gasteiger partial charge in [-0.1, -0.05) is 116 Å². The van der Waals surface area contributed by atoms with Gasteiger partial charge in [0.2, 0.25) is 11.5 Å². The second-order valence-electron chi connectivity index (χ2n) is 20.7. The zero-order valence-corrected chi connectivity index (χ0v) is 45.4. The molecule has 1 rings (SSSR count). The number of hydrogen-bond donors (Lipinski definition) is 2. The predicted octanol–water partition coefficient (Wildman–Crippen LogP) is 19.6. The van der Waals surface area contributed by atoms with Gasteiger partial charge in [-0.25, -0.2) is 0 Å². The van der Waals surface area contributed by atoms with Crippen molar-refractivity contribution < 1.29 is 19.7 Å². The van der Waals surface area contributed by atoms with Crippen LogP contribution in [0.25, 0.3) is 0 Å². The maximum atomic E-state index is 11.1. The van der Waals surface area contributed by atoms with E-state index in [4.69, 9.17) is 9.47 Å². The Morgan fingerprint density at radius 3 is 0.894 bits per heavy atom. The minimum absolute atomic E-state index is 0.00856. The van der Waals surface area contributed by atoms with E-state index >= 15 is 0 Å². The Morgan fingerprint density at radius 1 is 0.394 bits per heavy atom. The molecular formula is C62H98O4. The molecule has 0 unspecified atom stereocenters. The number of ether oxygens (including phenoxy) is 2. The van der Waals surface area contributed by atoms with E-state index in [2.05, 4.69) is 137 Å². The van der Waals surface area contributed by atoms with Gasteiger partial charge in [0.25, 0.3) is 0 Å². The van der Waals surface area contributed by atoms with Crippen molar-refractivity contribution in [2.75, 3.05) is 7.11 Å². The van der Waals surface area contributed by atoms with E-state index in [0.29, 0.717) is 17.5 Å². The molecule has 0 spiro atoms. The molecule has 370 valence electrons. The van der Waals surface area contributed by atoms with Gasteiger partial charge in [-0.15, -0.1) is 0 Å². The van der Waals surface area contributed by atoms with Gasteiger partial charge in [-0.3, -0.25) is 0 Å². The van der Waals surface area contributed by atoms with E-state index in [9.17, 15) is 10.2 Å². The van der Waals surface area contributed by atoms with Crippen molar-refractivity contribution in [3.8, 4) is 23.0 Å². The first-order valence-electron chi connectivity index (χ1n) is 25.5. The average Bonchev–Trinajstić information content (AvgIpc) is 3.22. The third-order valence-corrected chi connectivity index (χ3v) is 12.3. The first-order valence-corrected chi connectivity index (χ1v) is 25.5. The molecule has 0 saturated carbocycles. The number of phenolic OH excluding ortho intramolecular Hbond substituents is 2. The highest BCUT2D eigenvalue weighted by Gasteiger charge is 2.26. The fourth-order valence-electron chi connectivity index (χ4n) is 7.84. The molecule has 0 radical (unpaired) electrons. The van der Waals surface area contributed by atoms with E-state index < -0.39 is 5.60 Å². The lowest BCUT2D eigenvalue weighted by Gasteiger charge is -2.25. The summed E-state index contributed by atoms with van der Waals surface area (Å²) in [5.41, 5.74) is 15.4. The van der Waals surface area contributed by atoms with Crippen LogP contribution in [-0.4, -0.2) is 22.9 Å². The summed E-state index contributed by atoms with van der Waals surface area (Å²) in [4.78, 5) is 0. The first kappa shape index (κ1) is 59.8. The van der Waals surface area contributed by atoms with Crippen LogP contribution >= 0.6 is 0 Å². The monoisotopic (exact) mass is 907 g/mol. The third kappa shape index (κ3) is 28.1. The summed E-state index contributed by atoms with van der Waals surface area (Å²) in [6, 6.07) is 0. The molecule has 0 fully saturated rings. The molecule has 0 aromatic heterocycles. The summed E-state index contributed by atoms with van der Waals surface area (Å²) < 4.78 is 11.4. The van der Waals surface area contributed by atoms with Gasteiger partial charge in [-0.05, 0) is 226 Å². The topological polar surface area (TPSA) is 58.9 Å². The number of benzene rings is 1. The summed E-state index contributed by atoms with van der Waals surface area (Å²) in [6.45, 7) is 32.3. The van der Waals surface area contributed by atoms with Crippen LogP contribution < -0.4 is 9.47 Å².